The summed E-state index contributed by atoms with van der Waals surface area (Å²) in [6.45, 7) is 9.10. The van der Waals surface area contributed by atoms with Gasteiger partial charge in [-0.25, -0.2) is 4.98 Å². The molecule has 0 atom stereocenters. The van der Waals surface area contributed by atoms with Crippen LogP contribution >= 0.6 is 22.7 Å². The van der Waals surface area contributed by atoms with Gasteiger partial charge in [0.2, 0.25) is 5.13 Å². The number of hydrogen-bond donors (Lipinski definition) is 1. The minimum Gasteiger partial charge on any atom is -0.354 e. The molecule has 0 spiro atoms. The van der Waals surface area contributed by atoms with Gasteiger partial charge in [-0.1, -0.05) is 25.2 Å². The second kappa shape index (κ2) is 5.10. The number of anilines is 1. The van der Waals surface area contributed by atoms with Gasteiger partial charge in [0.05, 0.1) is 17.2 Å². The number of thiazole rings is 1. The first-order chi connectivity index (χ1) is 8.06. The number of rotatable bonds is 4. The number of nitrogens with zero attached hydrogens (tertiary/aromatic N) is 3. The molecule has 17 heavy (non-hydrogen) atoms. The predicted molar refractivity (Wildman–Crippen MR) is 72.9 cm³/mol. The molecule has 0 aromatic carbocycles. The summed E-state index contributed by atoms with van der Waals surface area (Å²) < 4.78 is 0. The Morgan fingerprint density at radius 3 is 2.47 bits per heavy atom. The van der Waals surface area contributed by atoms with Crippen molar-refractivity contribution in [2.45, 2.75) is 40.2 Å². The summed E-state index contributed by atoms with van der Waals surface area (Å²) in [6, 6.07) is 0. The van der Waals surface area contributed by atoms with E-state index < -0.39 is 0 Å². The summed E-state index contributed by atoms with van der Waals surface area (Å²) in [5.74, 6) is 0.436. The molecule has 0 radical (unpaired) electrons. The average molecular weight is 268 g/mol. The quantitative estimate of drug-likeness (QED) is 0.924. The molecular weight excluding hydrogens is 252 g/mol. The Balaban J connectivity index is 2.00. The first kappa shape index (κ1) is 12.4. The maximum atomic E-state index is 4.48. The Hall–Kier alpha value is -1.01. The third-order valence-corrected chi connectivity index (χ3v) is 4.45. The molecule has 0 aliphatic heterocycles. The van der Waals surface area contributed by atoms with E-state index in [9.17, 15) is 0 Å². The monoisotopic (exact) mass is 268 g/mol. The van der Waals surface area contributed by atoms with Crippen LogP contribution in [0.5, 0.6) is 0 Å². The lowest BCUT2D eigenvalue weighted by atomic mass is 10.2. The fraction of sp³-hybridized carbons (Fsp3) is 0.545. The molecule has 4 nitrogen and oxygen atoms in total. The van der Waals surface area contributed by atoms with Crippen LogP contribution in [0.15, 0.2) is 0 Å². The summed E-state index contributed by atoms with van der Waals surface area (Å²) in [6.07, 6.45) is 0. The van der Waals surface area contributed by atoms with Gasteiger partial charge in [0.25, 0.3) is 0 Å². The van der Waals surface area contributed by atoms with E-state index in [1.807, 2.05) is 6.92 Å². The van der Waals surface area contributed by atoms with E-state index in [2.05, 4.69) is 41.3 Å². The maximum absolute atomic E-state index is 4.48. The van der Waals surface area contributed by atoms with E-state index in [0.29, 0.717) is 5.92 Å². The summed E-state index contributed by atoms with van der Waals surface area (Å²) in [7, 11) is 0. The van der Waals surface area contributed by atoms with Crippen LogP contribution in [0.25, 0.3) is 0 Å². The van der Waals surface area contributed by atoms with E-state index in [4.69, 9.17) is 0 Å². The SMILES string of the molecule is Cc1nc(CNc2nnc(C(C)C)s2)c(C)s1. The van der Waals surface area contributed by atoms with Gasteiger partial charge in [-0.15, -0.1) is 21.5 Å². The van der Waals surface area contributed by atoms with Gasteiger partial charge in [-0.05, 0) is 13.8 Å². The van der Waals surface area contributed by atoms with Crippen LogP contribution in [-0.2, 0) is 6.54 Å². The first-order valence-corrected chi connectivity index (χ1v) is 7.19. The number of nitrogens with one attached hydrogen (secondary N) is 1. The lowest BCUT2D eigenvalue weighted by Crippen LogP contribution is -2.00. The average Bonchev–Trinajstić information content (AvgIpc) is 2.82. The topological polar surface area (TPSA) is 50.7 Å². The summed E-state index contributed by atoms with van der Waals surface area (Å²) >= 11 is 3.35. The van der Waals surface area contributed by atoms with E-state index in [1.165, 1.54) is 4.88 Å². The fourth-order valence-electron chi connectivity index (χ4n) is 1.43. The Kier molecular flexibility index (Phi) is 3.73. The van der Waals surface area contributed by atoms with Crippen molar-refractivity contribution in [1.82, 2.24) is 15.2 Å². The van der Waals surface area contributed by atoms with Crippen molar-refractivity contribution in [1.29, 1.82) is 0 Å². The summed E-state index contributed by atoms with van der Waals surface area (Å²) in [5, 5.41) is 14.6. The second-order valence-corrected chi connectivity index (χ2v) is 6.61. The molecule has 0 bridgehead atoms. The molecule has 6 heteroatoms. The zero-order valence-electron chi connectivity index (χ0n) is 10.4. The molecule has 92 valence electrons. The van der Waals surface area contributed by atoms with Crippen molar-refractivity contribution < 1.29 is 0 Å². The lowest BCUT2D eigenvalue weighted by molar-refractivity contribution is 0.824. The Morgan fingerprint density at radius 2 is 1.94 bits per heavy atom. The predicted octanol–water partition coefficient (Wildman–Crippen LogP) is 3.35. The standard InChI is InChI=1S/C11H16N4S2/c1-6(2)10-14-15-11(17-10)12-5-9-7(3)16-8(4)13-9/h6H,5H2,1-4H3,(H,12,15). The van der Waals surface area contributed by atoms with E-state index in [0.717, 1.165) is 27.4 Å². The Bertz CT molecular complexity index is 501. The van der Waals surface area contributed by atoms with Crippen LogP contribution in [0.3, 0.4) is 0 Å². The molecule has 0 aliphatic carbocycles. The maximum Gasteiger partial charge on any atom is 0.206 e. The highest BCUT2D eigenvalue weighted by molar-refractivity contribution is 7.15. The van der Waals surface area contributed by atoms with Crippen molar-refractivity contribution in [2.75, 3.05) is 5.32 Å². The first-order valence-electron chi connectivity index (χ1n) is 5.56. The molecule has 2 aromatic heterocycles. The van der Waals surface area contributed by atoms with Gasteiger partial charge in [0.15, 0.2) is 0 Å². The molecule has 0 aliphatic rings. The molecule has 1 N–H and O–H groups in total. The fourth-order valence-corrected chi connectivity index (χ4v) is 3.01. The number of aryl methyl sites for hydroxylation is 2. The van der Waals surface area contributed by atoms with Crippen LogP contribution in [0.1, 0.15) is 40.4 Å². The molecular formula is C11H16N4S2. The van der Waals surface area contributed by atoms with E-state index in [1.54, 1.807) is 22.7 Å². The highest BCUT2D eigenvalue weighted by atomic mass is 32.1. The van der Waals surface area contributed by atoms with Gasteiger partial charge >= 0.3 is 0 Å². The molecule has 2 aromatic rings. The van der Waals surface area contributed by atoms with E-state index >= 15 is 0 Å². The third kappa shape index (κ3) is 3.01. The van der Waals surface area contributed by atoms with Crippen LogP contribution in [0, 0.1) is 13.8 Å². The van der Waals surface area contributed by atoms with Gasteiger partial charge in [0.1, 0.15) is 5.01 Å². The van der Waals surface area contributed by atoms with Crippen molar-refractivity contribution in [3.05, 3.63) is 20.6 Å². The second-order valence-electron chi connectivity index (χ2n) is 4.19. The molecule has 2 heterocycles. The number of aromatic nitrogens is 3. The molecule has 0 unspecified atom stereocenters. The molecule has 0 amide bonds. The van der Waals surface area contributed by atoms with Crippen molar-refractivity contribution in [3.8, 4) is 0 Å². The smallest absolute Gasteiger partial charge is 0.206 e. The van der Waals surface area contributed by atoms with Crippen molar-refractivity contribution in [3.63, 3.8) is 0 Å². The summed E-state index contributed by atoms with van der Waals surface area (Å²) in [5.41, 5.74) is 1.11. The van der Waals surface area contributed by atoms with E-state index in [-0.39, 0.29) is 0 Å². The summed E-state index contributed by atoms with van der Waals surface area (Å²) in [4.78, 5) is 5.75. The minimum absolute atomic E-state index is 0.436. The van der Waals surface area contributed by atoms with Gasteiger partial charge in [-0.3, -0.25) is 0 Å². The van der Waals surface area contributed by atoms with Crippen LogP contribution < -0.4 is 5.32 Å². The highest BCUT2D eigenvalue weighted by Gasteiger charge is 2.09. The lowest BCUT2D eigenvalue weighted by Gasteiger charge is -1.99. The molecule has 0 saturated carbocycles. The number of hydrogen-bond acceptors (Lipinski definition) is 6. The van der Waals surface area contributed by atoms with Crippen LogP contribution in [-0.4, -0.2) is 15.2 Å². The van der Waals surface area contributed by atoms with Gasteiger partial charge in [0, 0.05) is 10.8 Å². The molecule has 0 fully saturated rings. The van der Waals surface area contributed by atoms with Gasteiger partial charge in [-0.2, -0.15) is 0 Å². The zero-order chi connectivity index (χ0) is 12.4. The highest BCUT2D eigenvalue weighted by Crippen LogP contribution is 2.23. The third-order valence-electron chi connectivity index (χ3n) is 2.34. The Morgan fingerprint density at radius 1 is 1.18 bits per heavy atom. The van der Waals surface area contributed by atoms with Crippen molar-refractivity contribution >= 4 is 27.8 Å². The zero-order valence-corrected chi connectivity index (χ0v) is 12.1. The largest absolute Gasteiger partial charge is 0.354 e. The molecule has 0 saturated heterocycles. The van der Waals surface area contributed by atoms with Gasteiger partial charge < -0.3 is 5.32 Å². The minimum atomic E-state index is 0.436. The Labute approximate surface area is 109 Å². The normalized spacial score (nSPS) is 11.1. The van der Waals surface area contributed by atoms with Crippen molar-refractivity contribution in [2.24, 2.45) is 0 Å². The molecule has 2 rings (SSSR count). The van der Waals surface area contributed by atoms with Crippen LogP contribution in [0.2, 0.25) is 0 Å². The van der Waals surface area contributed by atoms with Crippen LogP contribution in [0.4, 0.5) is 5.13 Å².